The van der Waals surface area contributed by atoms with E-state index in [9.17, 15) is 9.90 Å². The van der Waals surface area contributed by atoms with Gasteiger partial charge in [-0.05, 0) is 46.0 Å². The summed E-state index contributed by atoms with van der Waals surface area (Å²) in [6, 6.07) is 2.94. The van der Waals surface area contributed by atoms with Crippen LogP contribution < -0.4 is 10.2 Å². The van der Waals surface area contributed by atoms with Gasteiger partial charge >= 0.3 is 0 Å². The highest BCUT2D eigenvalue weighted by molar-refractivity contribution is 5.81. The molecule has 2 aromatic rings. The smallest absolute Gasteiger partial charge is 0.195 e. The summed E-state index contributed by atoms with van der Waals surface area (Å²) in [5.74, 6) is 0.242. The molecule has 0 saturated heterocycles. The van der Waals surface area contributed by atoms with Gasteiger partial charge in [-0.15, -0.1) is 0 Å². The zero-order chi connectivity index (χ0) is 15.4. The molecule has 1 N–H and O–H groups in total. The fourth-order valence-electron chi connectivity index (χ4n) is 2.26. The summed E-state index contributed by atoms with van der Waals surface area (Å²) in [6.07, 6.45) is 4.15. The van der Waals surface area contributed by atoms with E-state index >= 15 is 0 Å². The number of fused-ring (bicyclic) bond motifs is 1. The number of phenols is 1. The standard InChI is InChI=1S/C16H21NO4/c1-17(2)7-5-4-6-11-10-21-14-9-13(18)15(20-3)8-12(14)16(11)19/h8-10,18H,4-7H2,1-3H3. The maximum absolute atomic E-state index is 12.4. The molecular weight excluding hydrogens is 270 g/mol. The number of unbranched alkanes of at least 4 members (excludes halogenated alkanes) is 1. The molecule has 0 unspecified atom stereocenters. The first kappa shape index (κ1) is 15.4. The minimum atomic E-state index is -0.0561. The summed E-state index contributed by atoms with van der Waals surface area (Å²) in [5, 5.41) is 10.1. The molecule has 1 aromatic heterocycles. The SMILES string of the molecule is COc1cc2c(=O)c(CCCCN(C)C)coc2cc1O. The van der Waals surface area contributed by atoms with Crippen molar-refractivity contribution in [3.8, 4) is 11.5 Å². The molecule has 114 valence electrons. The molecule has 0 aliphatic rings. The maximum Gasteiger partial charge on any atom is 0.195 e. The summed E-state index contributed by atoms with van der Waals surface area (Å²) in [4.78, 5) is 14.5. The number of phenolic OH excluding ortho intramolecular Hbond substituents is 1. The van der Waals surface area contributed by atoms with E-state index < -0.39 is 0 Å². The third kappa shape index (κ3) is 3.55. The number of rotatable bonds is 6. The molecule has 1 aromatic carbocycles. The molecular formula is C16H21NO4. The Kier molecular flexibility index (Phi) is 4.85. The van der Waals surface area contributed by atoms with Crippen molar-refractivity contribution in [3.05, 3.63) is 34.2 Å². The molecule has 0 spiro atoms. The van der Waals surface area contributed by atoms with Gasteiger partial charge in [-0.3, -0.25) is 4.79 Å². The zero-order valence-electron chi connectivity index (χ0n) is 12.7. The van der Waals surface area contributed by atoms with Crippen LogP contribution >= 0.6 is 0 Å². The van der Waals surface area contributed by atoms with Crippen LogP contribution in [-0.4, -0.2) is 37.8 Å². The van der Waals surface area contributed by atoms with Gasteiger partial charge in [0, 0.05) is 11.6 Å². The second-order valence-corrected chi connectivity index (χ2v) is 5.37. The summed E-state index contributed by atoms with van der Waals surface area (Å²) < 4.78 is 10.5. The van der Waals surface area contributed by atoms with Crippen LogP contribution in [0.4, 0.5) is 0 Å². The second-order valence-electron chi connectivity index (χ2n) is 5.37. The number of aryl methyl sites for hydroxylation is 1. The van der Waals surface area contributed by atoms with Gasteiger partial charge in [-0.25, -0.2) is 0 Å². The van der Waals surface area contributed by atoms with Crippen molar-refractivity contribution in [2.24, 2.45) is 0 Å². The van der Waals surface area contributed by atoms with Crippen LogP contribution in [0.1, 0.15) is 18.4 Å². The highest BCUT2D eigenvalue weighted by atomic mass is 16.5. The van der Waals surface area contributed by atoms with Gasteiger partial charge in [-0.1, -0.05) is 0 Å². The largest absolute Gasteiger partial charge is 0.504 e. The van der Waals surface area contributed by atoms with Crippen molar-refractivity contribution in [2.45, 2.75) is 19.3 Å². The molecule has 0 bridgehead atoms. The molecule has 0 saturated carbocycles. The monoisotopic (exact) mass is 291 g/mol. The van der Waals surface area contributed by atoms with E-state index in [0.717, 1.165) is 19.4 Å². The van der Waals surface area contributed by atoms with E-state index in [1.54, 1.807) is 0 Å². The molecule has 0 aliphatic carbocycles. The van der Waals surface area contributed by atoms with E-state index in [1.807, 2.05) is 14.1 Å². The third-order valence-electron chi connectivity index (χ3n) is 3.45. The topological polar surface area (TPSA) is 62.9 Å². The first-order chi connectivity index (χ1) is 10.0. The maximum atomic E-state index is 12.4. The van der Waals surface area contributed by atoms with Crippen molar-refractivity contribution >= 4 is 11.0 Å². The molecule has 0 aliphatic heterocycles. The lowest BCUT2D eigenvalue weighted by atomic mass is 10.1. The molecule has 0 atom stereocenters. The van der Waals surface area contributed by atoms with Gasteiger partial charge in [0.25, 0.3) is 0 Å². The summed E-state index contributed by atoms with van der Waals surface area (Å²) >= 11 is 0. The van der Waals surface area contributed by atoms with Crippen molar-refractivity contribution in [2.75, 3.05) is 27.7 Å². The van der Waals surface area contributed by atoms with Crippen LogP contribution in [0, 0.1) is 0 Å². The van der Waals surface area contributed by atoms with E-state index in [1.165, 1.54) is 25.5 Å². The molecule has 5 heteroatoms. The van der Waals surface area contributed by atoms with Crippen molar-refractivity contribution in [1.29, 1.82) is 0 Å². The van der Waals surface area contributed by atoms with E-state index in [0.29, 0.717) is 23.0 Å². The summed E-state index contributed by atoms with van der Waals surface area (Å²) in [6.45, 7) is 1.00. The first-order valence-corrected chi connectivity index (χ1v) is 6.99. The van der Waals surface area contributed by atoms with Gasteiger partial charge in [0.05, 0.1) is 18.8 Å². The quantitative estimate of drug-likeness (QED) is 0.828. The molecule has 21 heavy (non-hydrogen) atoms. The number of benzene rings is 1. The van der Waals surface area contributed by atoms with Gasteiger partial charge in [0.2, 0.25) is 0 Å². The van der Waals surface area contributed by atoms with Crippen molar-refractivity contribution < 1.29 is 14.3 Å². The Bertz CT molecular complexity index is 676. The Hall–Kier alpha value is -2.01. The predicted molar refractivity (Wildman–Crippen MR) is 82.2 cm³/mol. The number of aromatic hydroxyl groups is 1. The highest BCUT2D eigenvalue weighted by Gasteiger charge is 2.11. The predicted octanol–water partition coefficient (Wildman–Crippen LogP) is 2.39. The lowest BCUT2D eigenvalue weighted by Gasteiger charge is -2.09. The van der Waals surface area contributed by atoms with Crippen LogP contribution in [-0.2, 0) is 6.42 Å². The number of ether oxygens (including phenoxy) is 1. The Balaban J connectivity index is 2.24. The van der Waals surface area contributed by atoms with Gasteiger partial charge < -0.3 is 19.2 Å². The minimum absolute atomic E-state index is 0.0353. The number of hydrogen-bond acceptors (Lipinski definition) is 5. The van der Waals surface area contributed by atoms with Gasteiger partial charge in [0.1, 0.15) is 5.58 Å². The number of methoxy groups -OCH3 is 1. The Morgan fingerprint density at radius 2 is 2.05 bits per heavy atom. The molecule has 0 amide bonds. The first-order valence-electron chi connectivity index (χ1n) is 6.99. The number of hydrogen-bond donors (Lipinski definition) is 1. The Morgan fingerprint density at radius 3 is 2.71 bits per heavy atom. The summed E-state index contributed by atoms with van der Waals surface area (Å²) in [7, 11) is 5.51. The van der Waals surface area contributed by atoms with Crippen LogP contribution in [0.25, 0.3) is 11.0 Å². The van der Waals surface area contributed by atoms with Crippen molar-refractivity contribution in [1.82, 2.24) is 4.90 Å². The fraction of sp³-hybridized carbons (Fsp3) is 0.438. The van der Waals surface area contributed by atoms with Gasteiger partial charge in [0.15, 0.2) is 16.9 Å². The Labute approximate surface area is 123 Å². The van der Waals surface area contributed by atoms with Crippen molar-refractivity contribution in [3.63, 3.8) is 0 Å². The summed E-state index contributed by atoms with van der Waals surface area (Å²) in [5.41, 5.74) is 0.976. The Morgan fingerprint density at radius 1 is 1.29 bits per heavy atom. The lowest BCUT2D eigenvalue weighted by Crippen LogP contribution is -2.14. The van der Waals surface area contributed by atoms with Gasteiger partial charge in [-0.2, -0.15) is 0 Å². The van der Waals surface area contributed by atoms with E-state index in [2.05, 4.69) is 4.90 Å². The average Bonchev–Trinajstić information content (AvgIpc) is 2.45. The van der Waals surface area contributed by atoms with Crippen LogP contribution in [0.3, 0.4) is 0 Å². The van der Waals surface area contributed by atoms with Crippen LogP contribution in [0.5, 0.6) is 11.5 Å². The van der Waals surface area contributed by atoms with E-state index in [-0.39, 0.29) is 16.9 Å². The number of nitrogens with zero attached hydrogens (tertiary/aromatic N) is 1. The molecule has 2 rings (SSSR count). The van der Waals surface area contributed by atoms with E-state index in [4.69, 9.17) is 9.15 Å². The zero-order valence-corrected chi connectivity index (χ0v) is 12.7. The lowest BCUT2D eigenvalue weighted by molar-refractivity contribution is 0.373. The average molecular weight is 291 g/mol. The normalized spacial score (nSPS) is 11.2. The van der Waals surface area contributed by atoms with Crippen LogP contribution in [0.2, 0.25) is 0 Å². The van der Waals surface area contributed by atoms with Crippen LogP contribution in [0.15, 0.2) is 27.6 Å². The molecule has 5 nitrogen and oxygen atoms in total. The minimum Gasteiger partial charge on any atom is -0.504 e. The molecule has 0 radical (unpaired) electrons. The second kappa shape index (κ2) is 6.63. The third-order valence-corrected chi connectivity index (χ3v) is 3.45. The molecule has 1 heterocycles. The molecule has 0 fully saturated rings. The highest BCUT2D eigenvalue weighted by Crippen LogP contribution is 2.29. The fourth-order valence-corrected chi connectivity index (χ4v) is 2.26.